The van der Waals surface area contributed by atoms with Crippen molar-refractivity contribution in [2.75, 3.05) is 5.75 Å². The number of carbonyl (C=O) groups excluding carboxylic acids is 1. The monoisotopic (exact) mass is 517 g/mol. The SMILES string of the molecule is N#CC1(NC(=O)[C@H](CS(=O)(=O)Cc2ccccc2Cl)N[C@@H](c2ccc(F)cc2)C(F)(F)F)CC1. The van der Waals surface area contributed by atoms with Gasteiger partial charge in [-0.05, 0) is 42.2 Å². The molecule has 1 aliphatic rings. The van der Waals surface area contributed by atoms with Crippen molar-refractivity contribution >= 4 is 27.3 Å². The van der Waals surface area contributed by atoms with E-state index in [-0.39, 0.29) is 10.6 Å². The standard InChI is InChI=1S/C22H20ClF4N3O3S/c23-17-4-2-1-3-15(17)11-34(32,33)12-18(20(31)30-21(13-28)9-10-21)29-19(22(25,26)27)14-5-7-16(24)8-6-14/h1-8,18-19,29H,9-12H2,(H,30,31)/t18-,19-/m0/s1. The molecule has 1 fully saturated rings. The smallest absolute Gasteiger partial charge is 0.336 e. The molecule has 3 rings (SSSR count). The van der Waals surface area contributed by atoms with E-state index in [9.17, 15) is 36.0 Å². The van der Waals surface area contributed by atoms with Crippen LogP contribution in [0.3, 0.4) is 0 Å². The highest BCUT2D eigenvalue weighted by Gasteiger charge is 2.48. The average molecular weight is 518 g/mol. The Balaban J connectivity index is 1.90. The molecule has 2 aromatic carbocycles. The molecular formula is C22H20ClF4N3O3S. The lowest BCUT2D eigenvalue weighted by Crippen LogP contribution is -2.54. The Kier molecular flexibility index (Phi) is 7.55. The lowest BCUT2D eigenvalue weighted by molar-refractivity contribution is -0.160. The first-order valence-corrected chi connectivity index (χ1v) is 12.3. The number of benzene rings is 2. The number of nitriles is 1. The average Bonchev–Trinajstić information content (AvgIpc) is 3.52. The van der Waals surface area contributed by atoms with E-state index in [4.69, 9.17) is 11.6 Å². The second-order valence-electron chi connectivity index (χ2n) is 8.07. The van der Waals surface area contributed by atoms with Crippen LogP contribution in [0.1, 0.15) is 30.0 Å². The summed E-state index contributed by atoms with van der Waals surface area (Å²) in [5.41, 5.74) is -1.41. The van der Waals surface area contributed by atoms with Gasteiger partial charge in [0.25, 0.3) is 0 Å². The van der Waals surface area contributed by atoms with E-state index < -0.39 is 62.4 Å². The summed E-state index contributed by atoms with van der Waals surface area (Å²) < 4.78 is 80.6. The molecule has 0 aromatic heterocycles. The van der Waals surface area contributed by atoms with Crippen molar-refractivity contribution in [1.29, 1.82) is 5.26 Å². The Morgan fingerprint density at radius 2 is 1.76 bits per heavy atom. The summed E-state index contributed by atoms with van der Waals surface area (Å²) in [4.78, 5) is 12.9. The molecule has 34 heavy (non-hydrogen) atoms. The Bertz CT molecular complexity index is 1190. The lowest BCUT2D eigenvalue weighted by Gasteiger charge is -2.28. The summed E-state index contributed by atoms with van der Waals surface area (Å²) in [6.07, 6.45) is -4.33. The van der Waals surface area contributed by atoms with Crippen LogP contribution in [0.15, 0.2) is 48.5 Å². The summed E-state index contributed by atoms with van der Waals surface area (Å²) in [6, 6.07) is 7.07. The van der Waals surface area contributed by atoms with Crippen molar-refractivity contribution in [2.24, 2.45) is 0 Å². The maximum Gasteiger partial charge on any atom is 0.407 e. The molecule has 182 valence electrons. The zero-order chi connectivity index (χ0) is 25.1. The molecule has 1 amide bonds. The molecule has 1 aliphatic carbocycles. The van der Waals surface area contributed by atoms with Crippen LogP contribution in [0.5, 0.6) is 0 Å². The number of rotatable bonds is 9. The van der Waals surface area contributed by atoms with Crippen molar-refractivity contribution in [3.63, 3.8) is 0 Å². The van der Waals surface area contributed by atoms with Crippen LogP contribution in [0, 0.1) is 17.1 Å². The number of carbonyl (C=O) groups is 1. The maximum absolute atomic E-state index is 13.9. The molecule has 0 saturated heterocycles. The summed E-state index contributed by atoms with van der Waals surface area (Å²) in [6.45, 7) is 0. The molecule has 2 N–H and O–H groups in total. The number of halogens is 5. The van der Waals surface area contributed by atoms with Crippen molar-refractivity contribution < 1.29 is 30.8 Å². The lowest BCUT2D eigenvalue weighted by atomic mass is 10.0. The molecule has 12 heteroatoms. The van der Waals surface area contributed by atoms with Gasteiger partial charge in [-0.3, -0.25) is 10.1 Å². The third kappa shape index (κ3) is 6.68. The van der Waals surface area contributed by atoms with Crippen molar-refractivity contribution in [3.05, 3.63) is 70.5 Å². The van der Waals surface area contributed by atoms with Gasteiger partial charge in [0.2, 0.25) is 5.91 Å². The van der Waals surface area contributed by atoms with Crippen LogP contribution < -0.4 is 10.6 Å². The number of nitrogens with one attached hydrogen (secondary N) is 2. The fourth-order valence-electron chi connectivity index (χ4n) is 3.31. The van der Waals surface area contributed by atoms with E-state index in [1.54, 1.807) is 12.1 Å². The predicted molar refractivity (Wildman–Crippen MR) is 117 cm³/mol. The number of nitrogens with zero attached hydrogens (tertiary/aromatic N) is 1. The molecule has 1 saturated carbocycles. The Labute approximate surface area is 198 Å². The first kappa shape index (κ1) is 25.9. The van der Waals surface area contributed by atoms with Crippen LogP contribution in [0.25, 0.3) is 0 Å². The van der Waals surface area contributed by atoms with Gasteiger partial charge < -0.3 is 5.32 Å². The van der Waals surface area contributed by atoms with Crippen molar-refractivity contribution in [2.45, 2.75) is 42.4 Å². The normalized spacial score (nSPS) is 16.8. The Morgan fingerprint density at radius 1 is 1.15 bits per heavy atom. The summed E-state index contributed by atoms with van der Waals surface area (Å²) in [7, 11) is -4.14. The van der Waals surface area contributed by atoms with Crippen molar-refractivity contribution in [1.82, 2.24) is 10.6 Å². The van der Waals surface area contributed by atoms with Gasteiger partial charge in [0.15, 0.2) is 9.84 Å². The van der Waals surface area contributed by atoms with Gasteiger partial charge >= 0.3 is 6.18 Å². The van der Waals surface area contributed by atoms with Crippen LogP contribution in [0.2, 0.25) is 5.02 Å². The van der Waals surface area contributed by atoms with Crippen LogP contribution in [-0.4, -0.2) is 37.8 Å². The first-order valence-electron chi connectivity index (χ1n) is 10.1. The fraction of sp³-hybridized carbons (Fsp3) is 0.364. The molecule has 6 nitrogen and oxygen atoms in total. The molecule has 0 heterocycles. The minimum Gasteiger partial charge on any atom is -0.336 e. The van der Waals surface area contributed by atoms with E-state index in [2.05, 4.69) is 10.6 Å². The van der Waals surface area contributed by atoms with Crippen LogP contribution >= 0.6 is 11.6 Å². The number of hydrogen-bond donors (Lipinski definition) is 2. The minimum atomic E-state index is -4.94. The van der Waals surface area contributed by atoms with Crippen LogP contribution in [0.4, 0.5) is 17.6 Å². The molecule has 0 radical (unpaired) electrons. The van der Waals surface area contributed by atoms with Gasteiger partial charge in [-0.2, -0.15) is 18.4 Å². The molecule has 0 bridgehead atoms. The predicted octanol–water partition coefficient (Wildman–Crippen LogP) is 3.83. The van der Waals surface area contributed by atoms with Gasteiger partial charge in [0.05, 0.1) is 17.6 Å². The topological polar surface area (TPSA) is 99.1 Å². The largest absolute Gasteiger partial charge is 0.407 e. The summed E-state index contributed by atoms with van der Waals surface area (Å²) in [5.74, 6) is -3.40. The van der Waals surface area contributed by atoms with E-state index in [1.807, 2.05) is 6.07 Å². The van der Waals surface area contributed by atoms with E-state index in [0.29, 0.717) is 12.8 Å². The van der Waals surface area contributed by atoms with Gasteiger partial charge in [-0.25, -0.2) is 12.8 Å². The summed E-state index contributed by atoms with van der Waals surface area (Å²) >= 11 is 6.01. The Hall–Kier alpha value is -2.68. The van der Waals surface area contributed by atoms with Gasteiger partial charge in [0, 0.05) is 5.02 Å². The second kappa shape index (κ2) is 9.90. The quantitative estimate of drug-likeness (QED) is 0.493. The molecule has 0 unspecified atom stereocenters. The number of sulfone groups is 1. The number of hydrogen-bond acceptors (Lipinski definition) is 5. The van der Waals surface area contributed by atoms with Gasteiger partial charge in [-0.1, -0.05) is 41.9 Å². The van der Waals surface area contributed by atoms with Gasteiger partial charge in [-0.15, -0.1) is 0 Å². The molecule has 0 spiro atoms. The first-order chi connectivity index (χ1) is 15.8. The highest BCUT2D eigenvalue weighted by molar-refractivity contribution is 7.90. The third-order valence-corrected chi connectivity index (χ3v) is 7.26. The maximum atomic E-state index is 13.9. The minimum absolute atomic E-state index is 0.154. The van der Waals surface area contributed by atoms with E-state index in [1.165, 1.54) is 12.1 Å². The van der Waals surface area contributed by atoms with Crippen molar-refractivity contribution in [3.8, 4) is 6.07 Å². The number of alkyl halides is 3. The molecule has 0 aliphatic heterocycles. The highest BCUT2D eigenvalue weighted by atomic mass is 35.5. The fourth-order valence-corrected chi connectivity index (χ4v) is 5.19. The van der Waals surface area contributed by atoms with Gasteiger partial charge in [0.1, 0.15) is 23.4 Å². The Morgan fingerprint density at radius 3 is 2.29 bits per heavy atom. The van der Waals surface area contributed by atoms with E-state index in [0.717, 1.165) is 24.3 Å². The highest BCUT2D eigenvalue weighted by Crippen LogP contribution is 2.36. The molecular weight excluding hydrogens is 498 g/mol. The van der Waals surface area contributed by atoms with Crippen LogP contribution in [-0.2, 0) is 20.4 Å². The summed E-state index contributed by atoms with van der Waals surface area (Å²) in [5, 5.41) is 13.8. The van der Waals surface area contributed by atoms with E-state index >= 15 is 0 Å². The zero-order valence-corrected chi connectivity index (χ0v) is 19.1. The third-order valence-electron chi connectivity index (χ3n) is 5.30. The molecule has 2 atom stereocenters. The number of amides is 1. The second-order valence-corrected chi connectivity index (χ2v) is 10.6. The molecule has 2 aromatic rings. The zero-order valence-electron chi connectivity index (χ0n) is 17.6.